The second-order valence-electron chi connectivity index (χ2n) is 5.51. The average Bonchev–Trinajstić information content (AvgIpc) is 2.06. The van der Waals surface area contributed by atoms with Gasteiger partial charge >= 0.3 is 17.1 Å². The van der Waals surface area contributed by atoms with E-state index in [1.54, 1.807) is 0 Å². The molecule has 1 radical (unpaired) electrons. The Balaban J connectivity index is -0.000000333. The molecule has 23 heavy (non-hydrogen) atoms. The molecular weight excluding hydrogens is 462 g/mol. The summed E-state index contributed by atoms with van der Waals surface area (Å²) >= 11 is 19.9. The van der Waals surface area contributed by atoms with Crippen LogP contribution in [0.4, 0.5) is 0 Å². The maximum Gasteiger partial charge on any atom is 2.00 e. The Bertz CT molecular complexity index is 331. The Morgan fingerprint density at radius 3 is 0.783 bits per heavy atom. The van der Waals surface area contributed by atoms with Gasteiger partial charge in [-0.05, 0) is 55.4 Å². The standard InChI is InChI=1S/2C6H15O2PS2.Cu/c2*1-5(2)7-9(10,11)8-6(3)4;/h2*5-6H,1-4H3,(H,10,11);/q;;+2/p-2. The number of hydrogen-bond donors (Lipinski definition) is 0. The molecule has 0 aromatic carbocycles. The fraction of sp³-hybridized carbons (Fsp3) is 1.00. The molecule has 0 rings (SSSR count). The van der Waals surface area contributed by atoms with Gasteiger partial charge in [0.25, 0.3) is 0 Å². The van der Waals surface area contributed by atoms with Gasteiger partial charge in [0.15, 0.2) is 0 Å². The van der Waals surface area contributed by atoms with E-state index in [-0.39, 0.29) is 41.5 Å². The van der Waals surface area contributed by atoms with Crippen molar-refractivity contribution in [1.29, 1.82) is 0 Å². The Morgan fingerprint density at radius 2 is 0.696 bits per heavy atom. The zero-order valence-corrected chi connectivity index (χ0v) is 20.8. The third-order valence-corrected chi connectivity index (χ3v) is 6.14. The van der Waals surface area contributed by atoms with Crippen molar-refractivity contribution in [1.82, 2.24) is 0 Å². The van der Waals surface area contributed by atoms with Crippen molar-refractivity contribution < 1.29 is 35.2 Å². The maximum absolute atomic E-state index is 5.27. The van der Waals surface area contributed by atoms with Crippen LogP contribution in [0.2, 0.25) is 0 Å². The van der Waals surface area contributed by atoms with Gasteiger partial charge in [0.1, 0.15) is 0 Å². The molecule has 0 unspecified atom stereocenters. The number of rotatable bonds is 8. The smallest absolute Gasteiger partial charge is 0.691 e. The summed E-state index contributed by atoms with van der Waals surface area (Å²) in [7, 11) is 0. The maximum atomic E-state index is 5.27. The molecule has 145 valence electrons. The van der Waals surface area contributed by atoms with Crippen LogP contribution in [0.15, 0.2) is 0 Å². The molecule has 0 amide bonds. The molecule has 0 heterocycles. The van der Waals surface area contributed by atoms with E-state index in [1.807, 2.05) is 55.4 Å². The van der Waals surface area contributed by atoms with E-state index in [0.717, 1.165) is 0 Å². The van der Waals surface area contributed by atoms with Gasteiger partial charge < -0.3 is 42.6 Å². The molecule has 0 aliphatic heterocycles. The first kappa shape index (κ1) is 30.1. The minimum absolute atomic E-state index is 0. The summed E-state index contributed by atoms with van der Waals surface area (Å²) in [5, 5.41) is 0. The fourth-order valence-electron chi connectivity index (χ4n) is 1.08. The van der Waals surface area contributed by atoms with Gasteiger partial charge in [-0.15, -0.1) is 0 Å². The summed E-state index contributed by atoms with van der Waals surface area (Å²) in [6.07, 6.45) is 0.211. The van der Waals surface area contributed by atoms with Crippen LogP contribution in [-0.2, 0) is 83.3 Å². The zero-order valence-electron chi connectivity index (χ0n) is 14.8. The molecule has 0 bridgehead atoms. The van der Waals surface area contributed by atoms with Crippen LogP contribution in [0, 0.1) is 0 Å². The summed E-state index contributed by atoms with van der Waals surface area (Å²) in [4.78, 5) is 0. The van der Waals surface area contributed by atoms with Crippen LogP contribution in [0.25, 0.3) is 0 Å². The molecule has 0 spiro atoms. The van der Waals surface area contributed by atoms with Crippen LogP contribution >= 0.6 is 11.4 Å². The SMILES string of the molecule is CC(C)OP(=S)([S-])OC(C)C.CC(C)OP(=S)([S-])OC(C)C.[Cu+2]. The first-order valence-corrected chi connectivity index (χ1v) is 14.3. The van der Waals surface area contributed by atoms with Crippen LogP contribution in [0.1, 0.15) is 55.4 Å². The Kier molecular flexibility index (Phi) is 18.9. The van der Waals surface area contributed by atoms with Gasteiger partial charge in [0.2, 0.25) is 0 Å². The van der Waals surface area contributed by atoms with Crippen molar-refractivity contribution in [2.24, 2.45) is 0 Å². The van der Waals surface area contributed by atoms with Gasteiger partial charge in [-0.1, -0.05) is 23.6 Å². The van der Waals surface area contributed by atoms with Crippen molar-refractivity contribution in [3.05, 3.63) is 0 Å². The summed E-state index contributed by atoms with van der Waals surface area (Å²) in [5.74, 6) is 0. The first-order chi connectivity index (χ1) is 9.67. The van der Waals surface area contributed by atoms with Crippen molar-refractivity contribution in [3.63, 3.8) is 0 Å². The average molecular weight is 490 g/mol. The molecule has 0 aromatic heterocycles. The molecule has 0 N–H and O–H groups in total. The van der Waals surface area contributed by atoms with E-state index in [2.05, 4.69) is 0 Å². The van der Waals surface area contributed by atoms with Gasteiger partial charge in [-0.2, -0.15) is 0 Å². The van der Waals surface area contributed by atoms with Crippen LogP contribution in [0.5, 0.6) is 0 Å². The van der Waals surface area contributed by atoms with Crippen molar-refractivity contribution in [2.75, 3.05) is 0 Å². The summed E-state index contributed by atoms with van der Waals surface area (Å²) < 4.78 is 21.1. The summed E-state index contributed by atoms with van der Waals surface area (Å²) in [6.45, 7) is 15.2. The third kappa shape index (κ3) is 24.4. The van der Waals surface area contributed by atoms with Gasteiger partial charge in [-0.3, -0.25) is 0 Å². The predicted octanol–water partition coefficient (Wildman–Crippen LogP) is 5.21. The molecule has 0 saturated heterocycles. The van der Waals surface area contributed by atoms with E-state index < -0.39 is 11.4 Å². The van der Waals surface area contributed by atoms with Gasteiger partial charge in [0, 0.05) is 0 Å². The molecule has 4 nitrogen and oxygen atoms in total. The minimum atomic E-state index is -2.39. The van der Waals surface area contributed by atoms with E-state index in [0.29, 0.717) is 0 Å². The minimum Gasteiger partial charge on any atom is -0.691 e. The molecule has 0 aliphatic carbocycles. The van der Waals surface area contributed by atoms with E-state index in [4.69, 9.17) is 66.2 Å². The van der Waals surface area contributed by atoms with E-state index >= 15 is 0 Å². The van der Waals surface area contributed by atoms with Crippen LogP contribution in [-0.4, -0.2) is 24.4 Å². The third-order valence-electron chi connectivity index (χ3n) is 1.36. The quantitative estimate of drug-likeness (QED) is 0.261. The first-order valence-electron chi connectivity index (χ1n) is 7.02. The Labute approximate surface area is 173 Å². The molecule has 0 saturated carbocycles. The number of hydrogen-bond acceptors (Lipinski definition) is 8. The van der Waals surface area contributed by atoms with Gasteiger partial charge in [0.05, 0.1) is 35.8 Å². The molecule has 0 fully saturated rings. The molecule has 0 aromatic rings. The second kappa shape index (κ2) is 14.4. The molecule has 11 heteroatoms. The normalized spacial score (nSPS) is 12.4. The van der Waals surface area contributed by atoms with Gasteiger partial charge in [-0.25, -0.2) is 0 Å². The van der Waals surface area contributed by atoms with Crippen molar-refractivity contribution >= 4 is 59.5 Å². The van der Waals surface area contributed by atoms with E-state index in [9.17, 15) is 0 Å². The largest absolute Gasteiger partial charge is 2.00 e. The predicted molar refractivity (Wildman–Crippen MR) is 108 cm³/mol. The molecule has 0 aliphatic rings. The molecular formula is C12H28CuO4P2S4. The summed E-state index contributed by atoms with van der Waals surface area (Å²) in [5.41, 5.74) is -4.78. The van der Waals surface area contributed by atoms with Crippen LogP contribution < -0.4 is 0 Å². The Morgan fingerprint density at radius 1 is 0.565 bits per heavy atom. The molecule has 0 atom stereocenters. The summed E-state index contributed by atoms with van der Waals surface area (Å²) in [6, 6.07) is 0. The van der Waals surface area contributed by atoms with Crippen LogP contribution in [0.3, 0.4) is 0 Å². The Hall–Kier alpha value is 2.36. The van der Waals surface area contributed by atoms with Crippen molar-refractivity contribution in [2.45, 2.75) is 79.8 Å². The van der Waals surface area contributed by atoms with Crippen molar-refractivity contribution in [3.8, 4) is 0 Å². The van der Waals surface area contributed by atoms with E-state index in [1.165, 1.54) is 0 Å². The zero-order chi connectivity index (χ0) is 18.1. The topological polar surface area (TPSA) is 36.9 Å². The second-order valence-corrected chi connectivity index (χ2v) is 15.3. The monoisotopic (exact) mass is 489 g/mol. The fourth-order valence-corrected chi connectivity index (χ4v) is 7.38.